The lowest BCUT2D eigenvalue weighted by atomic mass is 9.82. The lowest BCUT2D eigenvalue weighted by Gasteiger charge is -2.37. The van der Waals surface area contributed by atoms with Crippen LogP contribution in [0.3, 0.4) is 0 Å². The number of carbonyl (C=O) groups is 1. The molecule has 2 aromatic carbocycles. The fraction of sp³-hybridized carbons (Fsp3) is 0.480. The van der Waals surface area contributed by atoms with Crippen molar-refractivity contribution in [2.24, 2.45) is 11.7 Å². The highest BCUT2D eigenvalue weighted by molar-refractivity contribution is 5.70. The van der Waals surface area contributed by atoms with E-state index in [-0.39, 0.29) is 30.0 Å². The first-order valence-electron chi connectivity index (χ1n) is 11.2. The molecule has 2 unspecified atom stereocenters. The van der Waals surface area contributed by atoms with Crippen LogP contribution in [0.15, 0.2) is 54.6 Å². The summed E-state index contributed by atoms with van der Waals surface area (Å²) in [6.45, 7) is 1.69. The Morgan fingerprint density at radius 1 is 1.03 bits per heavy atom. The number of ether oxygens (including phenoxy) is 2. The van der Waals surface area contributed by atoms with Gasteiger partial charge in [-0.2, -0.15) is 0 Å². The Hall–Kier alpha value is -2.44. The fourth-order valence-corrected chi connectivity index (χ4v) is 4.63. The molecule has 0 bridgehead atoms. The zero-order chi connectivity index (χ0) is 21.6. The molecule has 2 aromatic rings. The molecule has 6 heteroatoms. The largest absolute Gasteiger partial charge is 0.415 e. The first-order chi connectivity index (χ1) is 15.1. The molecule has 5 nitrogen and oxygen atoms in total. The van der Waals surface area contributed by atoms with Crippen LogP contribution in [-0.4, -0.2) is 42.8 Å². The van der Waals surface area contributed by atoms with Crippen LogP contribution in [0.1, 0.15) is 43.6 Å². The van der Waals surface area contributed by atoms with Crippen LogP contribution in [0.5, 0.6) is 5.75 Å². The van der Waals surface area contributed by atoms with Crippen LogP contribution in [0, 0.1) is 11.7 Å². The molecule has 1 aliphatic heterocycles. The van der Waals surface area contributed by atoms with Crippen molar-refractivity contribution in [2.45, 2.75) is 50.2 Å². The van der Waals surface area contributed by atoms with Gasteiger partial charge in [0.25, 0.3) is 0 Å². The number of piperidine rings is 1. The van der Waals surface area contributed by atoms with Gasteiger partial charge < -0.3 is 20.1 Å². The van der Waals surface area contributed by atoms with Crippen LogP contribution in [0.2, 0.25) is 0 Å². The number of hydrogen-bond donors (Lipinski definition) is 1. The zero-order valence-electron chi connectivity index (χ0n) is 17.8. The quantitative estimate of drug-likeness (QED) is 0.752. The summed E-state index contributed by atoms with van der Waals surface area (Å²) in [6, 6.07) is 16.1. The highest BCUT2D eigenvalue weighted by atomic mass is 19.1. The number of likely N-dealkylation sites (tertiary alicyclic amines) is 1. The Bertz CT molecular complexity index is 855. The molecule has 0 spiro atoms. The highest BCUT2D eigenvalue weighted by Crippen LogP contribution is 2.34. The molecule has 1 saturated heterocycles. The molecular formula is C25H31FN2O3. The third kappa shape index (κ3) is 5.83. The number of carbonyl (C=O) groups excluding carboxylic acids is 1. The Balaban J connectivity index is 1.24. The summed E-state index contributed by atoms with van der Waals surface area (Å²) in [4.78, 5) is 14.2. The minimum Gasteiger partial charge on any atom is -0.410 e. The summed E-state index contributed by atoms with van der Waals surface area (Å²) in [5.41, 5.74) is 7.41. The molecule has 2 aliphatic rings. The van der Waals surface area contributed by atoms with Crippen LogP contribution in [0.25, 0.3) is 0 Å². The van der Waals surface area contributed by atoms with Gasteiger partial charge in [-0.3, -0.25) is 0 Å². The van der Waals surface area contributed by atoms with E-state index in [0.717, 1.165) is 37.7 Å². The highest BCUT2D eigenvalue weighted by Gasteiger charge is 2.32. The molecule has 1 heterocycles. The topological polar surface area (TPSA) is 64.8 Å². The van der Waals surface area contributed by atoms with Gasteiger partial charge in [-0.25, -0.2) is 9.18 Å². The van der Waals surface area contributed by atoms with E-state index in [9.17, 15) is 9.18 Å². The summed E-state index contributed by atoms with van der Waals surface area (Å²) >= 11 is 0. The molecular weight excluding hydrogens is 395 g/mol. The van der Waals surface area contributed by atoms with Crippen molar-refractivity contribution in [3.63, 3.8) is 0 Å². The van der Waals surface area contributed by atoms with Crippen LogP contribution < -0.4 is 10.5 Å². The average Bonchev–Trinajstić information content (AvgIpc) is 2.79. The molecule has 166 valence electrons. The summed E-state index contributed by atoms with van der Waals surface area (Å²) in [5.74, 6) is 0.872. The minimum absolute atomic E-state index is 0.0180. The fourth-order valence-electron chi connectivity index (χ4n) is 4.63. The first-order valence-corrected chi connectivity index (χ1v) is 11.2. The van der Waals surface area contributed by atoms with Crippen molar-refractivity contribution in [3.8, 4) is 5.75 Å². The van der Waals surface area contributed by atoms with Gasteiger partial charge in [0, 0.05) is 25.0 Å². The Morgan fingerprint density at radius 3 is 2.55 bits per heavy atom. The molecule has 1 amide bonds. The second-order valence-electron chi connectivity index (χ2n) is 8.70. The van der Waals surface area contributed by atoms with Crippen molar-refractivity contribution in [2.75, 3.05) is 19.7 Å². The predicted octanol–water partition coefficient (Wildman–Crippen LogP) is 4.72. The second kappa shape index (κ2) is 10.2. The molecule has 0 radical (unpaired) electrons. The number of para-hydroxylation sites is 1. The van der Waals surface area contributed by atoms with E-state index in [4.69, 9.17) is 15.2 Å². The second-order valence-corrected chi connectivity index (χ2v) is 8.70. The van der Waals surface area contributed by atoms with Gasteiger partial charge in [0.15, 0.2) is 0 Å². The molecule has 2 atom stereocenters. The van der Waals surface area contributed by atoms with Crippen molar-refractivity contribution >= 4 is 6.09 Å². The third-order valence-electron chi connectivity index (χ3n) is 6.54. The normalized spacial score (nSPS) is 26.5. The van der Waals surface area contributed by atoms with Gasteiger partial charge >= 0.3 is 6.09 Å². The van der Waals surface area contributed by atoms with Gasteiger partial charge in [-0.1, -0.05) is 30.3 Å². The van der Waals surface area contributed by atoms with E-state index in [1.54, 1.807) is 29.2 Å². The Kier molecular flexibility index (Phi) is 7.20. The predicted molar refractivity (Wildman–Crippen MR) is 117 cm³/mol. The van der Waals surface area contributed by atoms with E-state index < -0.39 is 0 Å². The lowest BCUT2D eigenvalue weighted by molar-refractivity contribution is -0.0130. The van der Waals surface area contributed by atoms with Crippen molar-refractivity contribution in [1.82, 2.24) is 4.90 Å². The molecule has 31 heavy (non-hydrogen) atoms. The van der Waals surface area contributed by atoms with Crippen molar-refractivity contribution in [1.29, 1.82) is 0 Å². The molecule has 1 aliphatic carbocycles. The van der Waals surface area contributed by atoms with Crippen LogP contribution in [-0.2, 0) is 4.74 Å². The van der Waals surface area contributed by atoms with E-state index >= 15 is 0 Å². The Labute approximate surface area is 183 Å². The maximum Gasteiger partial charge on any atom is 0.415 e. The average molecular weight is 427 g/mol. The van der Waals surface area contributed by atoms with Crippen LogP contribution >= 0.6 is 0 Å². The summed E-state index contributed by atoms with van der Waals surface area (Å²) in [7, 11) is 0. The number of halogens is 1. The van der Waals surface area contributed by atoms with Crippen LogP contribution in [0.4, 0.5) is 9.18 Å². The number of amides is 1. The summed E-state index contributed by atoms with van der Waals surface area (Å²) < 4.78 is 25.2. The number of nitrogens with zero attached hydrogens (tertiary/aromatic N) is 1. The Morgan fingerprint density at radius 2 is 1.81 bits per heavy atom. The SMILES string of the molecule is NC1CCN(C(=O)Oc2ccccc2)CC1CO[C@H]1CC[C@@H](c2cccc(F)c2)CC1. The van der Waals surface area contributed by atoms with E-state index in [0.29, 0.717) is 31.4 Å². The third-order valence-corrected chi connectivity index (χ3v) is 6.54. The van der Waals surface area contributed by atoms with Gasteiger partial charge in [-0.15, -0.1) is 0 Å². The van der Waals surface area contributed by atoms with E-state index in [1.165, 1.54) is 6.07 Å². The zero-order valence-corrected chi connectivity index (χ0v) is 17.8. The first kappa shape index (κ1) is 21.8. The maximum atomic E-state index is 13.5. The summed E-state index contributed by atoms with van der Waals surface area (Å²) in [6.07, 6.45) is 4.53. The number of rotatable bonds is 5. The van der Waals surface area contributed by atoms with Crippen molar-refractivity contribution in [3.05, 3.63) is 66.0 Å². The lowest BCUT2D eigenvalue weighted by Crippen LogP contribution is -2.51. The monoisotopic (exact) mass is 426 g/mol. The standard InChI is InChI=1S/C25H31FN2O3/c26-21-6-4-5-19(15-21)18-9-11-22(12-10-18)30-17-20-16-28(14-13-24(20)27)25(29)31-23-7-2-1-3-8-23/h1-8,15,18,20,22,24H,9-14,16-17,27H2/t18-,20?,22+,24?. The van der Waals surface area contributed by atoms with Gasteiger partial charge in [0.2, 0.25) is 0 Å². The van der Waals surface area contributed by atoms with Gasteiger partial charge in [-0.05, 0) is 67.9 Å². The van der Waals surface area contributed by atoms with E-state index in [1.807, 2.05) is 24.3 Å². The van der Waals surface area contributed by atoms with Gasteiger partial charge in [0.1, 0.15) is 11.6 Å². The molecule has 0 aromatic heterocycles. The molecule has 4 rings (SSSR count). The number of benzene rings is 2. The van der Waals surface area contributed by atoms with E-state index in [2.05, 4.69) is 0 Å². The smallest absolute Gasteiger partial charge is 0.410 e. The summed E-state index contributed by atoms with van der Waals surface area (Å²) in [5, 5.41) is 0. The molecule has 2 N–H and O–H groups in total. The number of nitrogens with two attached hydrogens (primary N) is 1. The van der Waals surface area contributed by atoms with Gasteiger partial charge in [0.05, 0.1) is 12.7 Å². The van der Waals surface area contributed by atoms with Crippen molar-refractivity contribution < 1.29 is 18.7 Å². The maximum absolute atomic E-state index is 13.5. The minimum atomic E-state index is -0.335. The number of hydrogen-bond acceptors (Lipinski definition) is 4. The molecule has 1 saturated carbocycles. The molecule has 2 fully saturated rings.